The Bertz CT molecular complexity index is 2460. The molecule has 0 bridgehead atoms. The highest BCUT2D eigenvalue weighted by molar-refractivity contribution is 7.80. The van der Waals surface area contributed by atoms with Crippen molar-refractivity contribution in [2.24, 2.45) is 16.2 Å². The molecule has 2 N–H and O–H groups in total. The van der Waals surface area contributed by atoms with E-state index in [9.17, 15) is 19.8 Å². The fourth-order valence-electron chi connectivity index (χ4n) is 10.2. The summed E-state index contributed by atoms with van der Waals surface area (Å²) in [4.78, 5) is 27.0. The number of aryl methyl sites for hydroxylation is 8. The Balaban J connectivity index is 1.89. The first kappa shape index (κ1) is 48.4. The third-order valence-corrected chi connectivity index (χ3v) is 17.8. The molecule has 1 aliphatic carbocycles. The molecule has 6 nitrogen and oxygen atoms in total. The van der Waals surface area contributed by atoms with Gasteiger partial charge in [-0.25, -0.2) is 0 Å². The van der Waals surface area contributed by atoms with E-state index in [1.165, 1.54) is 32.9 Å². The minimum atomic E-state index is -1.46. The Hall–Kier alpha value is -5.02. The Morgan fingerprint density at radius 1 is 0.578 bits per heavy atom. The second kappa shape index (κ2) is 18.8. The number of ether oxygens (including phenoxy) is 2. The lowest BCUT2D eigenvalue weighted by molar-refractivity contribution is -0.150. The summed E-state index contributed by atoms with van der Waals surface area (Å²) in [5.74, 6) is -0.569. The van der Waals surface area contributed by atoms with E-state index in [-0.39, 0.29) is 12.8 Å². The zero-order chi connectivity index (χ0) is 47.1. The number of carbonyl (C=O) groups is 2. The maximum atomic E-state index is 13.5. The van der Waals surface area contributed by atoms with Crippen LogP contribution in [0.3, 0.4) is 0 Å². The van der Waals surface area contributed by atoms with Gasteiger partial charge in [0.15, 0.2) is 0 Å². The van der Waals surface area contributed by atoms with Crippen LogP contribution in [0, 0.1) is 71.6 Å². The lowest BCUT2D eigenvalue weighted by Gasteiger charge is -2.51. The van der Waals surface area contributed by atoms with Gasteiger partial charge in [-0.15, -0.1) is 0 Å². The van der Waals surface area contributed by atoms with Gasteiger partial charge in [0.1, 0.15) is 11.5 Å². The van der Waals surface area contributed by atoms with Crippen LogP contribution >= 0.6 is 15.8 Å². The van der Waals surface area contributed by atoms with E-state index in [1.54, 1.807) is 41.9 Å². The second-order valence-electron chi connectivity index (χ2n) is 19.6. The van der Waals surface area contributed by atoms with Crippen molar-refractivity contribution in [1.29, 1.82) is 0 Å². The summed E-state index contributed by atoms with van der Waals surface area (Å²) in [6.07, 6.45) is 4.43. The molecule has 0 radical (unpaired) electrons. The maximum absolute atomic E-state index is 13.5. The van der Waals surface area contributed by atoms with Gasteiger partial charge in [-0.05, 0) is 150 Å². The van der Waals surface area contributed by atoms with Crippen LogP contribution in [0.5, 0.6) is 5.75 Å². The molecule has 0 saturated carbocycles. The van der Waals surface area contributed by atoms with Crippen LogP contribution in [0.15, 0.2) is 109 Å². The molecular weight excluding hydrogens is 831 g/mol. The molecule has 5 aromatic rings. The van der Waals surface area contributed by atoms with E-state index >= 15 is 0 Å². The number of benzene rings is 5. The SMILES string of the molecule is COC1=C(c2c(OC)cccc2P(c2cc(C)cc(C)c2)c2cc(C)cc(C)c2)C(P(c2cc(C)cc(C)c2)c2cc(C)cc(C)c2)C(CC(C)(C)C(=O)O)(CC(C)(C)C(=O)O)C=C1. The molecule has 1 unspecified atom stereocenters. The van der Waals surface area contributed by atoms with Crippen LogP contribution < -0.4 is 31.3 Å². The zero-order valence-corrected chi connectivity index (χ0v) is 42.0. The van der Waals surface area contributed by atoms with Crippen molar-refractivity contribution in [3.05, 3.63) is 159 Å². The van der Waals surface area contributed by atoms with E-state index in [2.05, 4.69) is 146 Å². The van der Waals surface area contributed by atoms with Crippen LogP contribution in [0.2, 0.25) is 0 Å². The first-order valence-corrected chi connectivity index (χ1v) is 24.8. The Kier molecular flexibility index (Phi) is 14.3. The number of aliphatic carboxylic acids is 2. The molecule has 336 valence electrons. The predicted octanol–water partition coefficient (Wildman–Crippen LogP) is 11.3. The van der Waals surface area contributed by atoms with E-state index in [0.29, 0.717) is 11.5 Å². The fourth-order valence-corrected chi connectivity index (χ4v) is 16.6. The van der Waals surface area contributed by atoms with Gasteiger partial charge < -0.3 is 19.7 Å². The van der Waals surface area contributed by atoms with Gasteiger partial charge in [0.05, 0.1) is 25.0 Å². The fraction of sp³-hybridized carbons (Fsp3) is 0.357. The molecule has 1 atom stereocenters. The van der Waals surface area contributed by atoms with E-state index in [4.69, 9.17) is 9.47 Å². The van der Waals surface area contributed by atoms with Gasteiger partial charge >= 0.3 is 11.9 Å². The topological polar surface area (TPSA) is 93.1 Å². The monoisotopic (exact) mass is 896 g/mol. The number of methoxy groups -OCH3 is 2. The third-order valence-electron chi connectivity index (χ3n) is 12.5. The molecule has 8 heteroatoms. The average Bonchev–Trinajstić information content (AvgIpc) is 3.17. The standard InChI is InChI=1S/C56H66O6P2/c1-34-20-35(2)25-42(24-34)63(43-26-36(3)21-37(4)27-43)48-17-15-16-46(61-13)49(48)50-47(62-14)18-19-56(32-54(9,10)52(57)58,33-55(11,12)53(59)60)51(50)64(44-28-38(5)22-39(6)29-44)45-30-40(7)23-41(8)31-45/h15-31,51H,32-33H2,1-14H3,(H,57,58)(H,59,60). The van der Waals surface area contributed by atoms with Gasteiger partial charge in [-0.1, -0.05) is 136 Å². The molecule has 0 heterocycles. The van der Waals surface area contributed by atoms with Crippen molar-refractivity contribution in [3.63, 3.8) is 0 Å². The van der Waals surface area contributed by atoms with Crippen molar-refractivity contribution in [2.75, 3.05) is 14.2 Å². The van der Waals surface area contributed by atoms with Crippen molar-refractivity contribution in [2.45, 2.75) is 102 Å². The lowest BCUT2D eigenvalue weighted by atomic mass is 9.60. The quantitative estimate of drug-likeness (QED) is 0.102. The highest BCUT2D eigenvalue weighted by Crippen LogP contribution is 2.64. The average molecular weight is 897 g/mol. The summed E-state index contributed by atoms with van der Waals surface area (Å²) in [5.41, 5.74) is 6.88. The molecule has 0 fully saturated rings. The molecule has 0 spiro atoms. The Labute approximate surface area is 384 Å². The minimum Gasteiger partial charge on any atom is -0.496 e. The Morgan fingerprint density at radius 3 is 1.30 bits per heavy atom. The number of rotatable bonds is 15. The summed E-state index contributed by atoms with van der Waals surface area (Å²) in [6.45, 7) is 24.2. The zero-order valence-electron chi connectivity index (χ0n) is 40.2. The van der Waals surface area contributed by atoms with Crippen LogP contribution in [0.25, 0.3) is 5.57 Å². The molecule has 6 rings (SSSR count). The highest BCUT2D eigenvalue weighted by atomic mass is 31.1. The molecule has 5 aromatic carbocycles. The number of carboxylic acids is 2. The Morgan fingerprint density at radius 2 is 0.953 bits per heavy atom. The number of hydrogen-bond acceptors (Lipinski definition) is 4. The van der Waals surface area contributed by atoms with Gasteiger partial charge in [0.25, 0.3) is 0 Å². The number of allylic oxidation sites excluding steroid dienone is 3. The summed E-state index contributed by atoms with van der Waals surface area (Å²) in [6, 6.07) is 33.4. The molecule has 0 saturated heterocycles. The molecular formula is C56H66O6P2. The molecule has 1 aliphatic rings. The largest absolute Gasteiger partial charge is 0.496 e. The third kappa shape index (κ3) is 10.1. The lowest BCUT2D eigenvalue weighted by Crippen LogP contribution is -2.48. The van der Waals surface area contributed by atoms with Gasteiger partial charge in [-0.3, -0.25) is 9.59 Å². The van der Waals surface area contributed by atoms with E-state index in [1.807, 2.05) is 12.1 Å². The number of carboxylic acid groups (broad SMARTS) is 2. The van der Waals surface area contributed by atoms with Gasteiger partial charge in [0, 0.05) is 22.2 Å². The first-order valence-electron chi connectivity index (χ1n) is 22.0. The number of hydrogen-bond donors (Lipinski definition) is 2. The van der Waals surface area contributed by atoms with Gasteiger partial charge in [-0.2, -0.15) is 0 Å². The summed E-state index contributed by atoms with van der Waals surface area (Å²) in [5, 5.41) is 27.8. The van der Waals surface area contributed by atoms with Crippen LogP contribution in [-0.4, -0.2) is 42.0 Å². The predicted molar refractivity (Wildman–Crippen MR) is 270 cm³/mol. The van der Waals surface area contributed by atoms with Crippen molar-refractivity contribution >= 4 is 59.9 Å². The van der Waals surface area contributed by atoms with Crippen molar-refractivity contribution in [1.82, 2.24) is 0 Å². The second-order valence-corrected chi connectivity index (χ2v) is 24.1. The normalized spacial score (nSPS) is 15.2. The highest BCUT2D eigenvalue weighted by Gasteiger charge is 2.55. The summed E-state index contributed by atoms with van der Waals surface area (Å²) < 4.78 is 13.1. The minimum absolute atomic E-state index is 0.162. The molecule has 0 amide bonds. The summed E-state index contributed by atoms with van der Waals surface area (Å²) in [7, 11) is 0.702. The van der Waals surface area contributed by atoms with Crippen LogP contribution in [0.4, 0.5) is 0 Å². The van der Waals surface area contributed by atoms with E-state index in [0.717, 1.165) is 49.3 Å². The summed E-state index contributed by atoms with van der Waals surface area (Å²) >= 11 is 0. The maximum Gasteiger partial charge on any atom is 0.309 e. The molecule has 0 aromatic heterocycles. The smallest absolute Gasteiger partial charge is 0.309 e. The first-order chi connectivity index (χ1) is 30.0. The van der Waals surface area contributed by atoms with E-state index < -0.39 is 49.7 Å². The molecule has 64 heavy (non-hydrogen) atoms. The van der Waals surface area contributed by atoms with Crippen molar-refractivity contribution < 1.29 is 29.3 Å². The molecule has 0 aliphatic heterocycles. The van der Waals surface area contributed by atoms with Crippen molar-refractivity contribution in [3.8, 4) is 5.75 Å². The van der Waals surface area contributed by atoms with Crippen LogP contribution in [-0.2, 0) is 14.3 Å². The van der Waals surface area contributed by atoms with Crippen LogP contribution in [0.1, 0.15) is 90.6 Å². The van der Waals surface area contributed by atoms with Gasteiger partial charge in [0.2, 0.25) is 0 Å².